The van der Waals surface area contributed by atoms with Gasteiger partial charge in [0.25, 0.3) is 6.43 Å². The van der Waals surface area contributed by atoms with Crippen LogP contribution < -0.4 is 5.32 Å². The lowest BCUT2D eigenvalue weighted by molar-refractivity contribution is 0.0663. The third kappa shape index (κ3) is 4.55. The Balaban J connectivity index is 4.04. The van der Waals surface area contributed by atoms with Gasteiger partial charge in [-0.15, -0.1) is 0 Å². The fraction of sp³-hybridized carbons (Fsp3) is 1.00. The van der Waals surface area contributed by atoms with Gasteiger partial charge in [0, 0.05) is 0 Å². The van der Waals surface area contributed by atoms with Crippen molar-refractivity contribution >= 4 is 0 Å². The Morgan fingerprint density at radius 2 is 1.62 bits per heavy atom. The summed E-state index contributed by atoms with van der Waals surface area (Å²) in [6, 6.07) is -0.616. The lowest BCUT2D eigenvalue weighted by Gasteiger charge is -2.25. The second kappa shape index (κ2) is 7.25. The largest absolute Gasteiger partial charge is 0.309 e. The predicted octanol–water partition coefficient (Wildman–Crippen LogP) is 3.06. The molecule has 0 spiro atoms. The van der Waals surface area contributed by atoms with Crippen LogP contribution in [-0.4, -0.2) is 19.0 Å². The lowest BCUT2D eigenvalue weighted by Crippen LogP contribution is -2.42. The summed E-state index contributed by atoms with van der Waals surface area (Å²) in [5.74, 6) is 0.103. The van der Waals surface area contributed by atoms with Crippen LogP contribution in [0.2, 0.25) is 0 Å². The SMILES string of the molecule is CCCNC(C(F)F)C(CC)CC. The van der Waals surface area contributed by atoms with Gasteiger partial charge in [-0.25, -0.2) is 8.78 Å². The molecule has 13 heavy (non-hydrogen) atoms. The zero-order valence-corrected chi connectivity index (χ0v) is 8.82. The molecule has 3 heteroatoms. The van der Waals surface area contributed by atoms with E-state index in [1.54, 1.807) is 0 Å². The Labute approximate surface area is 79.9 Å². The Morgan fingerprint density at radius 1 is 1.08 bits per heavy atom. The van der Waals surface area contributed by atoms with Crippen LogP contribution in [0.25, 0.3) is 0 Å². The smallest absolute Gasteiger partial charge is 0.253 e. The van der Waals surface area contributed by atoms with Gasteiger partial charge in [-0.2, -0.15) is 0 Å². The van der Waals surface area contributed by atoms with Gasteiger partial charge in [0.1, 0.15) is 0 Å². The number of nitrogens with one attached hydrogen (secondary N) is 1. The maximum Gasteiger partial charge on any atom is 0.253 e. The van der Waals surface area contributed by atoms with Crippen LogP contribution in [0.1, 0.15) is 40.0 Å². The molecule has 0 aromatic rings. The van der Waals surface area contributed by atoms with Crippen molar-refractivity contribution in [1.29, 1.82) is 0 Å². The second-order valence-electron chi connectivity index (χ2n) is 3.39. The molecule has 0 bridgehead atoms. The molecule has 0 rings (SSSR count). The Morgan fingerprint density at radius 3 is 1.92 bits per heavy atom. The van der Waals surface area contributed by atoms with E-state index in [1.807, 2.05) is 20.8 Å². The molecule has 0 fully saturated rings. The van der Waals surface area contributed by atoms with Crippen molar-refractivity contribution in [3.8, 4) is 0 Å². The van der Waals surface area contributed by atoms with Crippen LogP contribution in [0.15, 0.2) is 0 Å². The van der Waals surface area contributed by atoms with Crippen LogP contribution in [0, 0.1) is 5.92 Å². The Bertz CT molecular complexity index is 113. The molecule has 0 saturated carbocycles. The number of hydrogen-bond acceptors (Lipinski definition) is 1. The summed E-state index contributed by atoms with van der Waals surface area (Å²) in [5.41, 5.74) is 0. The molecular formula is C10H21F2N. The average Bonchev–Trinajstić information content (AvgIpc) is 2.11. The summed E-state index contributed by atoms with van der Waals surface area (Å²) in [6.07, 6.45) is 0.310. The van der Waals surface area contributed by atoms with E-state index in [0.717, 1.165) is 19.3 Å². The summed E-state index contributed by atoms with van der Waals surface area (Å²) in [5, 5.41) is 2.92. The summed E-state index contributed by atoms with van der Waals surface area (Å²) in [6.45, 7) is 6.61. The highest BCUT2D eigenvalue weighted by Crippen LogP contribution is 2.18. The van der Waals surface area contributed by atoms with Crippen LogP contribution in [0.3, 0.4) is 0 Å². The zero-order chi connectivity index (χ0) is 10.3. The van der Waals surface area contributed by atoms with Gasteiger partial charge in [-0.05, 0) is 18.9 Å². The molecule has 1 N–H and O–H groups in total. The highest BCUT2D eigenvalue weighted by molar-refractivity contribution is 4.76. The number of halogens is 2. The van der Waals surface area contributed by atoms with E-state index in [2.05, 4.69) is 5.32 Å². The molecule has 0 heterocycles. The third-order valence-corrected chi connectivity index (χ3v) is 2.46. The van der Waals surface area contributed by atoms with Crippen LogP contribution in [0.4, 0.5) is 8.78 Å². The lowest BCUT2D eigenvalue weighted by atomic mass is 9.94. The molecule has 1 unspecified atom stereocenters. The van der Waals surface area contributed by atoms with E-state index in [0.29, 0.717) is 6.54 Å². The van der Waals surface area contributed by atoms with Gasteiger partial charge >= 0.3 is 0 Å². The Hall–Kier alpha value is -0.180. The van der Waals surface area contributed by atoms with Gasteiger partial charge in [0.2, 0.25) is 0 Å². The molecule has 0 aliphatic heterocycles. The highest BCUT2D eigenvalue weighted by atomic mass is 19.3. The minimum atomic E-state index is -2.24. The third-order valence-electron chi connectivity index (χ3n) is 2.46. The van der Waals surface area contributed by atoms with Crippen LogP contribution in [0.5, 0.6) is 0 Å². The zero-order valence-electron chi connectivity index (χ0n) is 8.82. The predicted molar refractivity (Wildman–Crippen MR) is 52.2 cm³/mol. The maximum absolute atomic E-state index is 12.6. The maximum atomic E-state index is 12.6. The monoisotopic (exact) mass is 193 g/mol. The van der Waals surface area contributed by atoms with E-state index in [4.69, 9.17) is 0 Å². The van der Waals surface area contributed by atoms with Crippen molar-refractivity contribution in [3.05, 3.63) is 0 Å². The molecular weight excluding hydrogens is 172 g/mol. The first kappa shape index (κ1) is 12.8. The highest BCUT2D eigenvalue weighted by Gasteiger charge is 2.26. The Kier molecular flexibility index (Phi) is 7.14. The molecule has 0 aromatic carbocycles. The van der Waals surface area contributed by atoms with Crippen molar-refractivity contribution in [2.75, 3.05) is 6.54 Å². The van der Waals surface area contributed by atoms with E-state index in [-0.39, 0.29) is 5.92 Å². The van der Waals surface area contributed by atoms with Crippen molar-refractivity contribution in [2.24, 2.45) is 5.92 Å². The fourth-order valence-corrected chi connectivity index (χ4v) is 1.57. The second-order valence-corrected chi connectivity index (χ2v) is 3.39. The molecule has 0 aromatic heterocycles. The number of rotatable bonds is 7. The van der Waals surface area contributed by atoms with Crippen molar-refractivity contribution in [3.63, 3.8) is 0 Å². The van der Waals surface area contributed by atoms with Gasteiger partial charge in [-0.1, -0.05) is 33.6 Å². The molecule has 0 radical (unpaired) electrons. The van der Waals surface area contributed by atoms with Gasteiger partial charge in [-0.3, -0.25) is 0 Å². The number of alkyl halides is 2. The van der Waals surface area contributed by atoms with Crippen molar-refractivity contribution in [2.45, 2.75) is 52.5 Å². The molecule has 0 saturated heterocycles. The number of hydrogen-bond donors (Lipinski definition) is 1. The van der Waals surface area contributed by atoms with Crippen LogP contribution in [-0.2, 0) is 0 Å². The van der Waals surface area contributed by atoms with E-state index in [9.17, 15) is 8.78 Å². The first-order chi connectivity index (χ1) is 6.17. The summed E-state index contributed by atoms with van der Waals surface area (Å²) in [4.78, 5) is 0. The summed E-state index contributed by atoms with van der Waals surface area (Å²) >= 11 is 0. The minimum absolute atomic E-state index is 0.103. The quantitative estimate of drug-likeness (QED) is 0.655. The normalized spacial score (nSPS) is 14.1. The van der Waals surface area contributed by atoms with E-state index >= 15 is 0 Å². The topological polar surface area (TPSA) is 12.0 Å². The molecule has 0 amide bonds. The van der Waals surface area contributed by atoms with Crippen molar-refractivity contribution in [1.82, 2.24) is 5.32 Å². The van der Waals surface area contributed by atoms with Gasteiger partial charge in [0.05, 0.1) is 6.04 Å². The van der Waals surface area contributed by atoms with Gasteiger partial charge in [0.15, 0.2) is 0 Å². The van der Waals surface area contributed by atoms with E-state index in [1.165, 1.54) is 0 Å². The summed E-state index contributed by atoms with van der Waals surface area (Å²) < 4.78 is 25.2. The minimum Gasteiger partial charge on any atom is -0.309 e. The molecule has 0 aliphatic carbocycles. The molecule has 1 atom stereocenters. The standard InChI is InChI=1S/C10H21F2N/c1-4-7-13-9(10(11)12)8(5-2)6-3/h8-10,13H,4-7H2,1-3H3. The molecule has 1 nitrogen and oxygen atoms in total. The molecule has 0 aliphatic rings. The first-order valence-electron chi connectivity index (χ1n) is 5.18. The summed E-state index contributed by atoms with van der Waals surface area (Å²) in [7, 11) is 0. The molecule has 80 valence electrons. The van der Waals surface area contributed by atoms with Crippen LogP contribution >= 0.6 is 0 Å². The van der Waals surface area contributed by atoms with Gasteiger partial charge < -0.3 is 5.32 Å². The average molecular weight is 193 g/mol. The fourth-order valence-electron chi connectivity index (χ4n) is 1.57. The van der Waals surface area contributed by atoms with E-state index < -0.39 is 12.5 Å². The van der Waals surface area contributed by atoms with Crippen molar-refractivity contribution < 1.29 is 8.78 Å². The first-order valence-corrected chi connectivity index (χ1v) is 5.18.